The number of hydrogen-bond donors (Lipinski definition) is 2. The summed E-state index contributed by atoms with van der Waals surface area (Å²) in [6, 6.07) is 10.9. The van der Waals surface area contributed by atoms with Gasteiger partial charge >= 0.3 is 0 Å². The van der Waals surface area contributed by atoms with Crippen molar-refractivity contribution in [2.24, 2.45) is 5.73 Å². The van der Waals surface area contributed by atoms with Crippen LogP contribution in [0.4, 0.5) is 0 Å². The van der Waals surface area contributed by atoms with Crippen LogP contribution in [0, 0.1) is 0 Å². The van der Waals surface area contributed by atoms with Gasteiger partial charge in [0.15, 0.2) is 6.17 Å². The van der Waals surface area contributed by atoms with E-state index >= 15 is 0 Å². The van der Waals surface area contributed by atoms with Gasteiger partial charge in [-0.15, -0.1) is 0 Å². The van der Waals surface area contributed by atoms with Crippen LogP contribution in [-0.2, 0) is 26.0 Å². The fraction of sp³-hybridized carbons (Fsp3) is 0.440. The molecule has 0 radical (unpaired) electrons. The van der Waals surface area contributed by atoms with E-state index in [4.69, 9.17) is 33.7 Å². The van der Waals surface area contributed by atoms with Gasteiger partial charge in [-0.25, -0.2) is 8.42 Å². The van der Waals surface area contributed by atoms with Crippen molar-refractivity contribution in [2.45, 2.75) is 55.2 Å². The molecule has 1 saturated carbocycles. The molecule has 2 aliphatic rings. The highest BCUT2D eigenvalue weighted by molar-refractivity contribution is 7.89. The fourth-order valence-electron chi connectivity index (χ4n) is 4.72. The van der Waals surface area contributed by atoms with Crippen LogP contribution in [0.15, 0.2) is 47.4 Å². The van der Waals surface area contributed by atoms with Crippen LogP contribution in [0.3, 0.4) is 0 Å². The SMILES string of the molecule is COc1ccc(CC(=O)N2CCN(S(=O)(=O)c3ccc(Cl)c(Cl)c3)C2C(=O)NC2CCC(N)CC2)cc1. The van der Waals surface area contributed by atoms with Gasteiger partial charge < -0.3 is 20.7 Å². The van der Waals surface area contributed by atoms with Crippen LogP contribution >= 0.6 is 23.2 Å². The Hall–Kier alpha value is -2.37. The summed E-state index contributed by atoms with van der Waals surface area (Å²) in [5.74, 6) is -0.242. The second-order valence-corrected chi connectivity index (χ2v) is 12.0. The van der Waals surface area contributed by atoms with E-state index in [1.807, 2.05) is 0 Å². The molecular weight excluding hydrogens is 539 g/mol. The Morgan fingerprint density at radius 1 is 1.03 bits per heavy atom. The summed E-state index contributed by atoms with van der Waals surface area (Å²) in [6.45, 7) is 0.0354. The van der Waals surface area contributed by atoms with Crippen LogP contribution in [-0.4, -0.2) is 67.9 Å². The lowest BCUT2D eigenvalue weighted by molar-refractivity contribution is -0.140. The molecule has 2 aromatic carbocycles. The van der Waals surface area contributed by atoms with E-state index in [0.29, 0.717) is 18.6 Å². The van der Waals surface area contributed by atoms with Gasteiger partial charge in [-0.1, -0.05) is 35.3 Å². The Bertz CT molecular complexity index is 1250. The van der Waals surface area contributed by atoms with Gasteiger partial charge in [0.25, 0.3) is 5.91 Å². The number of methoxy groups -OCH3 is 1. The number of carbonyl (C=O) groups excluding carboxylic acids is 2. The third-order valence-electron chi connectivity index (χ3n) is 6.81. The summed E-state index contributed by atoms with van der Waals surface area (Å²) in [7, 11) is -2.62. The van der Waals surface area contributed by atoms with Crippen molar-refractivity contribution in [2.75, 3.05) is 20.2 Å². The van der Waals surface area contributed by atoms with Crippen molar-refractivity contribution < 1.29 is 22.7 Å². The minimum atomic E-state index is -4.17. The zero-order chi connectivity index (χ0) is 26.7. The Kier molecular flexibility index (Phi) is 8.65. The molecule has 2 fully saturated rings. The second-order valence-electron chi connectivity index (χ2n) is 9.30. The first kappa shape index (κ1) is 27.7. The van der Waals surface area contributed by atoms with Crippen LogP contribution in [0.1, 0.15) is 31.2 Å². The van der Waals surface area contributed by atoms with E-state index in [-0.39, 0.29) is 52.4 Å². The quantitative estimate of drug-likeness (QED) is 0.529. The third kappa shape index (κ3) is 6.21. The van der Waals surface area contributed by atoms with Crippen LogP contribution in [0.25, 0.3) is 0 Å². The number of hydrogen-bond acceptors (Lipinski definition) is 6. The summed E-state index contributed by atoms with van der Waals surface area (Å²) in [6.07, 6.45) is 1.59. The summed E-state index contributed by atoms with van der Waals surface area (Å²) in [5, 5.41) is 3.25. The standard InChI is InChI=1S/C25H30Cl2N4O5S/c1-36-19-8-2-16(3-9-19)14-23(32)30-12-13-31(37(34,35)20-10-11-21(26)22(27)15-20)25(30)24(33)29-18-6-4-17(28)5-7-18/h2-3,8-11,15,17-18,25H,4-7,12-14,28H2,1H3,(H,29,33). The first-order valence-corrected chi connectivity index (χ1v) is 14.2. The number of halogens is 2. The summed E-state index contributed by atoms with van der Waals surface area (Å²) in [4.78, 5) is 28.1. The zero-order valence-electron chi connectivity index (χ0n) is 20.4. The highest BCUT2D eigenvalue weighted by Crippen LogP contribution is 2.30. The summed E-state index contributed by atoms with van der Waals surface area (Å²) < 4.78 is 33.5. The molecule has 1 aliphatic heterocycles. The fourth-order valence-corrected chi connectivity index (χ4v) is 6.66. The lowest BCUT2D eigenvalue weighted by Gasteiger charge is -2.32. The number of nitrogens with two attached hydrogens (primary N) is 1. The number of rotatable bonds is 7. The Morgan fingerprint density at radius 3 is 2.32 bits per heavy atom. The molecule has 1 atom stereocenters. The lowest BCUT2D eigenvalue weighted by atomic mass is 9.92. The van der Waals surface area contributed by atoms with E-state index < -0.39 is 22.1 Å². The molecule has 2 amide bonds. The van der Waals surface area contributed by atoms with Crippen molar-refractivity contribution in [3.05, 3.63) is 58.1 Å². The van der Waals surface area contributed by atoms with E-state index in [1.54, 1.807) is 31.4 Å². The number of ether oxygens (including phenoxy) is 1. The molecule has 4 rings (SSSR count). The van der Waals surface area contributed by atoms with Gasteiger partial charge in [0.2, 0.25) is 15.9 Å². The third-order valence-corrected chi connectivity index (χ3v) is 9.40. The molecule has 200 valence electrons. The van der Waals surface area contributed by atoms with Crippen LogP contribution < -0.4 is 15.8 Å². The number of carbonyl (C=O) groups is 2. The topological polar surface area (TPSA) is 122 Å². The molecular formula is C25H30Cl2N4O5S. The number of nitrogens with one attached hydrogen (secondary N) is 1. The lowest BCUT2D eigenvalue weighted by Crippen LogP contribution is -2.56. The van der Waals surface area contributed by atoms with Gasteiger partial charge in [0.1, 0.15) is 5.75 Å². The molecule has 0 bridgehead atoms. The molecule has 0 spiro atoms. The zero-order valence-corrected chi connectivity index (χ0v) is 22.7. The second kappa shape index (κ2) is 11.6. The maximum atomic E-state index is 13.6. The molecule has 1 saturated heterocycles. The minimum Gasteiger partial charge on any atom is -0.497 e. The van der Waals surface area contributed by atoms with Crippen molar-refractivity contribution in [3.63, 3.8) is 0 Å². The van der Waals surface area contributed by atoms with Crippen LogP contribution in [0.5, 0.6) is 5.75 Å². The highest BCUT2D eigenvalue weighted by Gasteiger charge is 2.46. The molecule has 0 aromatic heterocycles. The number of amides is 2. The number of sulfonamides is 1. The number of nitrogens with zero attached hydrogens (tertiary/aromatic N) is 2. The van der Waals surface area contributed by atoms with Crippen LogP contribution in [0.2, 0.25) is 10.0 Å². The van der Waals surface area contributed by atoms with E-state index in [9.17, 15) is 18.0 Å². The molecule has 3 N–H and O–H groups in total. The molecule has 12 heteroatoms. The smallest absolute Gasteiger partial charge is 0.259 e. The Labute approximate surface area is 226 Å². The largest absolute Gasteiger partial charge is 0.497 e. The molecule has 1 unspecified atom stereocenters. The van der Waals surface area contributed by atoms with Gasteiger partial charge in [0.05, 0.1) is 28.5 Å². The maximum absolute atomic E-state index is 13.6. The maximum Gasteiger partial charge on any atom is 0.259 e. The minimum absolute atomic E-state index is 0.00666. The van der Waals surface area contributed by atoms with E-state index in [0.717, 1.165) is 22.7 Å². The highest BCUT2D eigenvalue weighted by atomic mass is 35.5. The van der Waals surface area contributed by atoms with Crippen molar-refractivity contribution in [1.29, 1.82) is 0 Å². The first-order chi connectivity index (χ1) is 17.6. The van der Waals surface area contributed by atoms with Gasteiger partial charge in [-0.05, 0) is 61.6 Å². The molecule has 1 heterocycles. The predicted molar refractivity (Wildman–Crippen MR) is 141 cm³/mol. The predicted octanol–water partition coefficient (Wildman–Crippen LogP) is 2.79. The summed E-state index contributed by atoms with van der Waals surface area (Å²) in [5.41, 5.74) is 6.71. The average molecular weight is 570 g/mol. The van der Waals surface area contributed by atoms with Crippen molar-refractivity contribution >= 4 is 45.0 Å². The van der Waals surface area contributed by atoms with Gasteiger partial charge in [-0.2, -0.15) is 4.31 Å². The Balaban J connectivity index is 1.61. The molecule has 9 nitrogen and oxygen atoms in total. The first-order valence-electron chi connectivity index (χ1n) is 12.1. The molecule has 2 aromatic rings. The average Bonchev–Trinajstić information content (AvgIpc) is 3.34. The van der Waals surface area contributed by atoms with Crippen molar-refractivity contribution in [3.8, 4) is 5.75 Å². The Morgan fingerprint density at radius 2 is 1.70 bits per heavy atom. The molecule has 37 heavy (non-hydrogen) atoms. The van der Waals surface area contributed by atoms with E-state index in [1.165, 1.54) is 23.1 Å². The molecule has 1 aliphatic carbocycles. The van der Waals surface area contributed by atoms with Crippen molar-refractivity contribution in [1.82, 2.24) is 14.5 Å². The van der Waals surface area contributed by atoms with Gasteiger partial charge in [0, 0.05) is 25.2 Å². The normalized spacial score (nSPS) is 22.6. The van der Waals surface area contributed by atoms with Gasteiger partial charge in [-0.3, -0.25) is 9.59 Å². The van der Waals surface area contributed by atoms with E-state index in [2.05, 4.69) is 5.32 Å². The number of benzene rings is 2. The monoisotopic (exact) mass is 568 g/mol. The summed E-state index contributed by atoms with van der Waals surface area (Å²) >= 11 is 12.1.